The molecule has 0 saturated heterocycles. The molecule has 0 radical (unpaired) electrons. The highest BCUT2D eigenvalue weighted by Gasteiger charge is 2.23. The van der Waals surface area contributed by atoms with Crippen LogP contribution in [0.15, 0.2) is 60.2 Å². The van der Waals surface area contributed by atoms with Gasteiger partial charge >= 0.3 is 0 Å². The Kier molecular flexibility index (Phi) is 4.14. The maximum atomic E-state index is 10.4. The average molecular weight is 293 g/mol. The van der Waals surface area contributed by atoms with E-state index in [1.54, 1.807) is 0 Å². The summed E-state index contributed by atoms with van der Waals surface area (Å²) in [5.74, 6) is 0.261. The summed E-state index contributed by atoms with van der Waals surface area (Å²) in [6.07, 6.45) is 6.08. The summed E-state index contributed by atoms with van der Waals surface area (Å²) in [5.41, 5.74) is 3.65. The molecule has 2 nitrogen and oxygen atoms in total. The highest BCUT2D eigenvalue weighted by molar-refractivity contribution is 5.87. The van der Waals surface area contributed by atoms with E-state index in [9.17, 15) is 5.11 Å². The lowest BCUT2D eigenvalue weighted by Gasteiger charge is -2.23. The van der Waals surface area contributed by atoms with Gasteiger partial charge in [0.25, 0.3) is 0 Å². The third-order valence-electron chi connectivity index (χ3n) is 4.27. The Balaban J connectivity index is 2.13. The van der Waals surface area contributed by atoms with Gasteiger partial charge in [-0.05, 0) is 48.5 Å². The van der Waals surface area contributed by atoms with E-state index in [0.717, 1.165) is 17.5 Å². The summed E-state index contributed by atoms with van der Waals surface area (Å²) in [6, 6.07) is 12.6. The molecule has 2 aromatic carbocycles. The predicted octanol–water partition coefficient (Wildman–Crippen LogP) is 4.03. The first-order valence-electron chi connectivity index (χ1n) is 7.79. The fourth-order valence-corrected chi connectivity index (χ4v) is 3.39. The Morgan fingerprint density at radius 2 is 1.91 bits per heavy atom. The van der Waals surface area contributed by atoms with Crippen molar-refractivity contribution in [3.63, 3.8) is 0 Å². The molecule has 2 atom stereocenters. The van der Waals surface area contributed by atoms with Gasteiger partial charge in [-0.15, -0.1) is 0 Å². The minimum atomic E-state index is -0.476. The monoisotopic (exact) mass is 293 g/mol. The number of hydrogen-bond acceptors (Lipinski definition) is 2. The molecular formula is C20H23NO. The summed E-state index contributed by atoms with van der Waals surface area (Å²) in [6.45, 7) is 2.79. The molecule has 2 heteroatoms. The third kappa shape index (κ3) is 2.72. The van der Waals surface area contributed by atoms with Crippen LogP contribution >= 0.6 is 0 Å². The lowest BCUT2D eigenvalue weighted by Crippen LogP contribution is -2.18. The molecule has 0 heterocycles. The Morgan fingerprint density at radius 3 is 2.64 bits per heavy atom. The first-order valence-corrected chi connectivity index (χ1v) is 7.79. The maximum absolute atomic E-state index is 10.4. The lowest BCUT2D eigenvalue weighted by molar-refractivity contribution is 0.199. The summed E-state index contributed by atoms with van der Waals surface area (Å²) < 4.78 is 0. The van der Waals surface area contributed by atoms with Crippen molar-refractivity contribution in [1.82, 2.24) is 4.90 Å². The van der Waals surface area contributed by atoms with Crippen LogP contribution in [0.4, 0.5) is 0 Å². The van der Waals surface area contributed by atoms with Gasteiger partial charge in [-0.25, -0.2) is 0 Å². The SMILES string of the molecule is CC(O)c1c(C2C=CC=C2CN(C)C)ccc2ccccc12. The van der Waals surface area contributed by atoms with Crippen LogP contribution in [0.2, 0.25) is 0 Å². The Labute approximate surface area is 132 Å². The third-order valence-corrected chi connectivity index (χ3v) is 4.27. The Bertz CT molecular complexity index is 740. The van der Waals surface area contributed by atoms with Crippen molar-refractivity contribution < 1.29 is 5.11 Å². The van der Waals surface area contributed by atoms with Gasteiger partial charge in [0.1, 0.15) is 0 Å². The number of allylic oxidation sites excluding steroid dienone is 3. The minimum Gasteiger partial charge on any atom is -0.389 e. The topological polar surface area (TPSA) is 23.5 Å². The number of fused-ring (bicyclic) bond motifs is 1. The van der Waals surface area contributed by atoms with Crippen LogP contribution in [0, 0.1) is 0 Å². The molecule has 0 amide bonds. The van der Waals surface area contributed by atoms with E-state index >= 15 is 0 Å². The molecule has 1 aliphatic rings. The zero-order valence-corrected chi connectivity index (χ0v) is 13.5. The molecule has 0 saturated carbocycles. The van der Waals surface area contributed by atoms with E-state index < -0.39 is 6.10 Å². The van der Waals surface area contributed by atoms with E-state index in [1.165, 1.54) is 16.5 Å². The second kappa shape index (κ2) is 6.07. The van der Waals surface area contributed by atoms with E-state index in [1.807, 2.05) is 19.1 Å². The Morgan fingerprint density at radius 1 is 1.14 bits per heavy atom. The number of aliphatic hydroxyl groups excluding tert-OH is 1. The van der Waals surface area contributed by atoms with Gasteiger partial charge in [0.05, 0.1) is 6.10 Å². The summed E-state index contributed by atoms with van der Waals surface area (Å²) >= 11 is 0. The Hall–Kier alpha value is -1.90. The van der Waals surface area contributed by atoms with E-state index in [4.69, 9.17) is 0 Å². The zero-order valence-electron chi connectivity index (χ0n) is 13.5. The van der Waals surface area contributed by atoms with Crippen LogP contribution in [-0.4, -0.2) is 30.6 Å². The van der Waals surface area contributed by atoms with E-state index in [-0.39, 0.29) is 5.92 Å². The van der Waals surface area contributed by atoms with Gasteiger partial charge in [0, 0.05) is 12.5 Å². The number of hydrogen-bond donors (Lipinski definition) is 1. The molecule has 2 aromatic rings. The fraction of sp³-hybridized carbons (Fsp3) is 0.300. The molecule has 0 bridgehead atoms. The molecule has 114 valence electrons. The van der Waals surface area contributed by atoms with Crippen molar-refractivity contribution in [2.45, 2.75) is 18.9 Å². The van der Waals surface area contributed by atoms with Crippen LogP contribution in [0.3, 0.4) is 0 Å². The second-order valence-corrected chi connectivity index (χ2v) is 6.31. The standard InChI is InChI=1S/C20H23NO/c1-14(22)20-18-9-5-4-7-15(18)11-12-19(20)17-10-6-8-16(17)13-21(2)3/h4-12,14,17,22H,13H2,1-3H3. The van der Waals surface area contributed by atoms with E-state index in [2.05, 4.69) is 61.5 Å². The molecule has 2 unspecified atom stereocenters. The van der Waals surface area contributed by atoms with Crippen molar-refractivity contribution in [2.75, 3.05) is 20.6 Å². The predicted molar refractivity (Wildman–Crippen MR) is 93.1 cm³/mol. The number of rotatable bonds is 4. The highest BCUT2D eigenvalue weighted by Crippen LogP contribution is 2.38. The molecule has 0 aromatic heterocycles. The molecule has 0 aliphatic heterocycles. The van der Waals surface area contributed by atoms with Crippen molar-refractivity contribution in [2.24, 2.45) is 0 Å². The normalized spacial score (nSPS) is 19.0. The first kappa shape index (κ1) is 15.0. The largest absolute Gasteiger partial charge is 0.389 e. The summed E-state index contributed by atoms with van der Waals surface area (Å²) in [7, 11) is 4.18. The molecular weight excluding hydrogens is 270 g/mol. The quantitative estimate of drug-likeness (QED) is 0.920. The van der Waals surface area contributed by atoms with Gasteiger partial charge in [0.2, 0.25) is 0 Å². The smallest absolute Gasteiger partial charge is 0.0770 e. The number of benzene rings is 2. The maximum Gasteiger partial charge on any atom is 0.0770 e. The van der Waals surface area contributed by atoms with Gasteiger partial charge < -0.3 is 10.0 Å². The highest BCUT2D eigenvalue weighted by atomic mass is 16.3. The molecule has 0 fully saturated rings. The molecule has 0 spiro atoms. The van der Waals surface area contributed by atoms with Crippen LogP contribution < -0.4 is 0 Å². The van der Waals surface area contributed by atoms with Crippen molar-refractivity contribution in [3.05, 3.63) is 71.3 Å². The summed E-state index contributed by atoms with van der Waals surface area (Å²) in [4.78, 5) is 2.19. The zero-order chi connectivity index (χ0) is 15.7. The van der Waals surface area contributed by atoms with Crippen LogP contribution in [0.25, 0.3) is 10.8 Å². The lowest BCUT2D eigenvalue weighted by atomic mass is 9.85. The average Bonchev–Trinajstić information content (AvgIpc) is 2.93. The van der Waals surface area contributed by atoms with E-state index in [0.29, 0.717) is 0 Å². The van der Waals surface area contributed by atoms with Gasteiger partial charge in [-0.3, -0.25) is 0 Å². The number of aliphatic hydroxyl groups is 1. The van der Waals surface area contributed by atoms with Gasteiger partial charge in [-0.2, -0.15) is 0 Å². The minimum absolute atomic E-state index is 0.261. The van der Waals surface area contributed by atoms with Crippen LogP contribution in [-0.2, 0) is 0 Å². The fourth-order valence-electron chi connectivity index (χ4n) is 3.39. The second-order valence-electron chi connectivity index (χ2n) is 6.31. The van der Waals surface area contributed by atoms with Gasteiger partial charge in [-0.1, -0.05) is 54.6 Å². The molecule has 3 rings (SSSR count). The van der Waals surface area contributed by atoms with Crippen molar-refractivity contribution in [3.8, 4) is 0 Å². The first-order chi connectivity index (χ1) is 10.6. The molecule has 1 N–H and O–H groups in total. The summed E-state index contributed by atoms with van der Waals surface area (Å²) in [5, 5.41) is 12.7. The van der Waals surface area contributed by atoms with Crippen LogP contribution in [0.5, 0.6) is 0 Å². The number of nitrogens with zero attached hydrogens (tertiary/aromatic N) is 1. The van der Waals surface area contributed by atoms with Crippen molar-refractivity contribution >= 4 is 10.8 Å². The molecule has 1 aliphatic carbocycles. The van der Waals surface area contributed by atoms with Crippen LogP contribution in [0.1, 0.15) is 30.1 Å². The molecule has 22 heavy (non-hydrogen) atoms. The van der Waals surface area contributed by atoms with Crippen molar-refractivity contribution in [1.29, 1.82) is 0 Å². The number of likely N-dealkylation sites (N-methyl/N-ethyl adjacent to an activating group) is 1. The van der Waals surface area contributed by atoms with Gasteiger partial charge in [0.15, 0.2) is 0 Å².